The van der Waals surface area contributed by atoms with Gasteiger partial charge in [-0.25, -0.2) is 9.59 Å². The van der Waals surface area contributed by atoms with Gasteiger partial charge >= 0.3 is 17.8 Å². The predicted molar refractivity (Wildman–Crippen MR) is 104 cm³/mol. The fourth-order valence-electron chi connectivity index (χ4n) is 3.85. The van der Waals surface area contributed by atoms with Crippen molar-refractivity contribution in [1.29, 1.82) is 0 Å². The summed E-state index contributed by atoms with van der Waals surface area (Å²) in [6.07, 6.45) is -2.47. The number of carbonyl (C=O) groups excluding carboxylic acids is 1. The van der Waals surface area contributed by atoms with Gasteiger partial charge in [-0.3, -0.25) is 18.8 Å². The molecule has 170 valence electrons. The molecule has 3 heterocycles. The van der Waals surface area contributed by atoms with Crippen LogP contribution in [0.25, 0.3) is 0 Å². The molecule has 2 fully saturated rings. The van der Waals surface area contributed by atoms with Gasteiger partial charge in [0.2, 0.25) is 0 Å². The van der Waals surface area contributed by atoms with Gasteiger partial charge in [-0.15, -0.1) is 5.06 Å². The minimum absolute atomic E-state index is 0.0145. The Hall–Kier alpha value is -2.80. The minimum Gasteiger partial charge on any atom is -0.327 e. The van der Waals surface area contributed by atoms with E-state index in [1.807, 2.05) is 11.0 Å². The summed E-state index contributed by atoms with van der Waals surface area (Å²) in [6, 6.07) is 0. The molecule has 1 N–H and O–H groups in total. The second-order valence-electron chi connectivity index (χ2n) is 7.73. The van der Waals surface area contributed by atoms with Crippen LogP contribution < -0.4 is 26.5 Å². The number of hydroxylamine groups is 1. The van der Waals surface area contributed by atoms with Crippen LogP contribution in [-0.4, -0.2) is 65.2 Å². The van der Waals surface area contributed by atoms with Gasteiger partial charge in [0, 0.05) is 46.8 Å². The first-order valence-corrected chi connectivity index (χ1v) is 9.89. The minimum atomic E-state index is -5.24. The van der Waals surface area contributed by atoms with E-state index < -0.39 is 29.7 Å². The van der Waals surface area contributed by atoms with Gasteiger partial charge < -0.3 is 15.1 Å². The lowest BCUT2D eigenvalue weighted by molar-refractivity contribution is -0.203. The highest BCUT2D eigenvalue weighted by Gasteiger charge is 2.50. The quantitative estimate of drug-likeness (QED) is 0.630. The van der Waals surface area contributed by atoms with Crippen molar-refractivity contribution in [2.75, 3.05) is 42.7 Å². The molecule has 13 heteroatoms. The van der Waals surface area contributed by atoms with Crippen LogP contribution in [0.4, 0.5) is 24.7 Å². The summed E-state index contributed by atoms with van der Waals surface area (Å²) in [5.74, 6) is -2.60. The fourth-order valence-corrected chi connectivity index (χ4v) is 3.85. The third-order valence-corrected chi connectivity index (χ3v) is 5.60. The van der Waals surface area contributed by atoms with E-state index in [0.717, 1.165) is 27.0 Å². The SMILES string of the molecule is Cn1c2c(c(=O)n(C)c1=O)N(CC=C1CC1)C(N1CCNCC1)N2OC(=O)C(F)(F)F. The number of piperazine rings is 1. The maximum Gasteiger partial charge on any atom is 0.493 e. The van der Waals surface area contributed by atoms with Gasteiger partial charge in [0.1, 0.15) is 0 Å². The maximum absolute atomic E-state index is 13.0. The van der Waals surface area contributed by atoms with Gasteiger partial charge in [0.15, 0.2) is 17.8 Å². The number of aromatic nitrogens is 2. The maximum atomic E-state index is 13.0. The van der Waals surface area contributed by atoms with Crippen molar-refractivity contribution in [3.05, 3.63) is 32.5 Å². The molecule has 0 aromatic carbocycles. The molecule has 0 radical (unpaired) electrons. The van der Waals surface area contributed by atoms with Crippen LogP contribution in [0.5, 0.6) is 0 Å². The summed E-state index contributed by atoms with van der Waals surface area (Å²) in [5.41, 5.74) is -0.218. The first-order chi connectivity index (χ1) is 14.6. The number of nitrogens with one attached hydrogen (secondary N) is 1. The van der Waals surface area contributed by atoms with Gasteiger partial charge in [-0.05, 0) is 12.8 Å². The zero-order valence-corrected chi connectivity index (χ0v) is 17.1. The Balaban J connectivity index is 1.87. The monoisotopic (exact) mass is 444 g/mol. The van der Waals surface area contributed by atoms with E-state index in [0.29, 0.717) is 26.2 Å². The second kappa shape index (κ2) is 7.71. The zero-order chi connectivity index (χ0) is 22.5. The highest BCUT2D eigenvalue weighted by Crippen LogP contribution is 2.39. The lowest BCUT2D eigenvalue weighted by Gasteiger charge is -2.40. The van der Waals surface area contributed by atoms with E-state index in [1.165, 1.54) is 19.7 Å². The molecule has 1 aromatic rings. The van der Waals surface area contributed by atoms with Crippen molar-refractivity contribution in [3.63, 3.8) is 0 Å². The first kappa shape index (κ1) is 21.4. The van der Waals surface area contributed by atoms with E-state index in [-0.39, 0.29) is 18.1 Å². The number of alkyl halides is 3. The smallest absolute Gasteiger partial charge is 0.327 e. The Morgan fingerprint density at radius 2 is 1.81 bits per heavy atom. The van der Waals surface area contributed by atoms with E-state index >= 15 is 0 Å². The number of halogens is 3. The largest absolute Gasteiger partial charge is 0.493 e. The van der Waals surface area contributed by atoms with Crippen LogP contribution in [0.1, 0.15) is 12.8 Å². The molecule has 1 unspecified atom stereocenters. The molecular weight excluding hydrogens is 421 g/mol. The molecule has 1 saturated carbocycles. The number of hydrogen-bond donors (Lipinski definition) is 1. The van der Waals surface area contributed by atoms with Gasteiger partial charge in [0.05, 0.1) is 0 Å². The number of nitrogens with zero attached hydrogens (tertiary/aromatic N) is 5. The predicted octanol–water partition coefficient (Wildman–Crippen LogP) is -0.360. The lowest BCUT2D eigenvalue weighted by Crippen LogP contribution is -2.61. The number of anilines is 2. The van der Waals surface area contributed by atoms with Crippen molar-refractivity contribution >= 4 is 17.5 Å². The number of carbonyl (C=O) groups is 1. The fraction of sp³-hybridized carbons (Fsp3) is 0.611. The molecule has 1 atom stereocenters. The topological polar surface area (TPSA) is 92.1 Å². The summed E-state index contributed by atoms with van der Waals surface area (Å²) < 4.78 is 41.1. The normalized spacial score (nSPS) is 21.3. The summed E-state index contributed by atoms with van der Waals surface area (Å²) in [7, 11) is 2.62. The molecule has 2 aliphatic heterocycles. The van der Waals surface area contributed by atoms with Gasteiger partial charge in [-0.2, -0.15) is 13.2 Å². The summed E-state index contributed by atoms with van der Waals surface area (Å²) >= 11 is 0. The average Bonchev–Trinajstić information content (AvgIpc) is 3.50. The standard InChI is InChI=1S/C18H23F3N6O4/c1-23-13-12(14(28)24(2)17(23)30)26(8-5-11-3-4-11)16(25-9-6-22-7-10-25)27(13)31-15(29)18(19,20)21/h5,16,22H,3-4,6-10H2,1-2H3. The Labute approximate surface area is 175 Å². The van der Waals surface area contributed by atoms with Crippen LogP contribution in [0, 0.1) is 0 Å². The van der Waals surface area contributed by atoms with E-state index in [2.05, 4.69) is 5.32 Å². The molecule has 4 rings (SSSR count). The molecule has 0 bridgehead atoms. The van der Waals surface area contributed by atoms with Crippen LogP contribution in [0.3, 0.4) is 0 Å². The lowest BCUT2D eigenvalue weighted by atomic mass is 10.3. The molecule has 10 nitrogen and oxygen atoms in total. The van der Waals surface area contributed by atoms with Crippen molar-refractivity contribution in [3.8, 4) is 0 Å². The van der Waals surface area contributed by atoms with Gasteiger partial charge in [-0.1, -0.05) is 11.6 Å². The number of allylic oxidation sites excluding steroid dienone is 1. The summed E-state index contributed by atoms with van der Waals surface area (Å²) in [5, 5.41) is 3.91. The van der Waals surface area contributed by atoms with Crippen LogP contribution in [0.2, 0.25) is 0 Å². The van der Waals surface area contributed by atoms with Crippen molar-refractivity contribution in [2.45, 2.75) is 25.3 Å². The average molecular weight is 444 g/mol. The van der Waals surface area contributed by atoms with Crippen molar-refractivity contribution in [1.82, 2.24) is 19.4 Å². The Kier molecular flexibility index (Phi) is 5.33. The Morgan fingerprint density at radius 3 is 2.39 bits per heavy atom. The van der Waals surface area contributed by atoms with Gasteiger partial charge in [0.25, 0.3) is 5.56 Å². The Bertz CT molecular complexity index is 1030. The van der Waals surface area contributed by atoms with E-state index in [4.69, 9.17) is 4.84 Å². The molecule has 0 amide bonds. The number of rotatable bonds is 4. The number of hydrogen-bond acceptors (Lipinski definition) is 8. The molecule has 1 saturated heterocycles. The number of fused-ring (bicyclic) bond motifs is 1. The molecular formula is C18H23F3N6O4. The molecule has 1 aliphatic carbocycles. The third-order valence-electron chi connectivity index (χ3n) is 5.60. The van der Waals surface area contributed by atoms with E-state index in [9.17, 15) is 27.6 Å². The van der Waals surface area contributed by atoms with Crippen LogP contribution in [-0.2, 0) is 23.7 Å². The van der Waals surface area contributed by atoms with E-state index in [1.54, 1.807) is 4.90 Å². The van der Waals surface area contributed by atoms with Crippen molar-refractivity contribution in [2.24, 2.45) is 14.1 Å². The highest BCUT2D eigenvalue weighted by molar-refractivity contribution is 5.80. The Morgan fingerprint density at radius 1 is 1.16 bits per heavy atom. The summed E-state index contributed by atoms with van der Waals surface area (Å²) in [4.78, 5) is 45.5. The molecule has 3 aliphatic rings. The molecule has 0 spiro atoms. The third kappa shape index (κ3) is 3.82. The molecule has 31 heavy (non-hydrogen) atoms. The molecule has 1 aromatic heterocycles. The zero-order valence-electron chi connectivity index (χ0n) is 17.1. The van der Waals surface area contributed by atoms with Crippen molar-refractivity contribution < 1.29 is 22.8 Å². The van der Waals surface area contributed by atoms with Crippen LogP contribution in [0.15, 0.2) is 21.2 Å². The summed E-state index contributed by atoms with van der Waals surface area (Å²) in [6.45, 7) is 2.25. The van der Waals surface area contributed by atoms with Crippen LogP contribution >= 0.6 is 0 Å². The highest BCUT2D eigenvalue weighted by atomic mass is 19.4. The first-order valence-electron chi connectivity index (χ1n) is 9.89. The second-order valence-corrected chi connectivity index (χ2v) is 7.73.